The Bertz CT molecular complexity index is 384. The van der Waals surface area contributed by atoms with Crippen LogP contribution in [-0.2, 0) is 0 Å². The molecule has 18 heavy (non-hydrogen) atoms. The van der Waals surface area contributed by atoms with Crippen LogP contribution >= 0.6 is 11.8 Å². The third-order valence-corrected chi connectivity index (χ3v) is 5.50. The summed E-state index contributed by atoms with van der Waals surface area (Å²) in [5.74, 6) is 1.25. The van der Waals surface area contributed by atoms with Crippen molar-refractivity contribution in [3.05, 3.63) is 18.2 Å². The zero-order chi connectivity index (χ0) is 12.4. The summed E-state index contributed by atoms with van der Waals surface area (Å²) in [6.45, 7) is 3.43. The fourth-order valence-electron chi connectivity index (χ4n) is 3.38. The Kier molecular flexibility index (Phi) is 3.94. The van der Waals surface area contributed by atoms with E-state index in [1.807, 2.05) is 0 Å². The number of hydrogen-bond acceptors (Lipinski definition) is 3. The lowest BCUT2D eigenvalue weighted by molar-refractivity contribution is 0.472. The van der Waals surface area contributed by atoms with Crippen molar-refractivity contribution in [1.82, 2.24) is 14.9 Å². The molecule has 1 aliphatic heterocycles. The number of imidazole rings is 1. The molecule has 3 rings (SSSR count). The van der Waals surface area contributed by atoms with Crippen molar-refractivity contribution in [2.45, 2.75) is 56.4 Å². The minimum atomic E-state index is 0.547. The van der Waals surface area contributed by atoms with E-state index in [-0.39, 0.29) is 0 Å². The van der Waals surface area contributed by atoms with Gasteiger partial charge in [-0.3, -0.25) is 0 Å². The third-order valence-electron chi connectivity index (χ3n) is 4.27. The molecule has 4 heteroatoms. The summed E-state index contributed by atoms with van der Waals surface area (Å²) in [7, 11) is 0. The average Bonchev–Trinajstić information content (AvgIpc) is 3.10. The van der Waals surface area contributed by atoms with Crippen molar-refractivity contribution < 1.29 is 0 Å². The molecule has 0 amide bonds. The third kappa shape index (κ3) is 2.45. The molecule has 1 aromatic rings. The smallest absolute Gasteiger partial charge is 0.0951 e. The minimum absolute atomic E-state index is 0.547. The first kappa shape index (κ1) is 12.5. The Morgan fingerprint density at radius 1 is 1.44 bits per heavy atom. The fraction of sp³-hybridized carbons (Fsp3) is 0.786. The van der Waals surface area contributed by atoms with Crippen LogP contribution in [0.15, 0.2) is 12.5 Å². The van der Waals surface area contributed by atoms with Crippen LogP contribution in [-0.4, -0.2) is 27.1 Å². The van der Waals surface area contributed by atoms with Crippen LogP contribution in [0, 0.1) is 0 Å². The molecule has 0 aromatic carbocycles. The number of nitrogens with one attached hydrogen (secondary N) is 1. The lowest BCUT2D eigenvalue weighted by Crippen LogP contribution is -2.18. The summed E-state index contributed by atoms with van der Waals surface area (Å²) in [5.41, 5.74) is 1.42. The summed E-state index contributed by atoms with van der Waals surface area (Å²) in [6, 6.07) is 1.24. The average molecular weight is 265 g/mol. The first-order valence-corrected chi connectivity index (χ1v) is 8.30. The van der Waals surface area contributed by atoms with Gasteiger partial charge in [-0.2, -0.15) is 11.8 Å². The van der Waals surface area contributed by atoms with E-state index >= 15 is 0 Å². The van der Waals surface area contributed by atoms with Gasteiger partial charge in [-0.15, -0.1) is 0 Å². The number of thioether (sulfide) groups is 1. The highest BCUT2D eigenvalue weighted by Gasteiger charge is 2.29. The maximum atomic E-state index is 4.40. The molecule has 1 N–H and O–H groups in total. The predicted octanol–water partition coefficient (Wildman–Crippen LogP) is 3.15. The predicted molar refractivity (Wildman–Crippen MR) is 77.0 cm³/mol. The van der Waals surface area contributed by atoms with Gasteiger partial charge in [0.2, 0.25) is 0 Å². The van der Waals surface area contributed by atoms with Crippen molar-refractivity contribution in [2.75, 3.05) is 12.3 Å². The molecule has 3 atom stereocenters. The monoisotopic (exact) mass is 265 g/mol. The van der Waals surface area contributed by atoms with Crippen LogP contribution in [0.2, 0.25) is 0 Å². The van der Waals surface area contributed by atoms with Crippen molar-refractivity contribution in [3.8, 4) is 0 Å². The fourth-order valence-corrected chi connectivity index (χ4v) is 4.52. The highest BCUT2D eigenvalue weighted by molar-refractivity contribution is 7.99. The van der Waals surface area contributed by atoms with E-state index in [1.54, 1.807) is 0 Å². The summed E-state index contributed by atoms with van der Waals surface area (Å²) >= 11 is 2.13. The second-order valence-corrected chi connectivity index (χ2v) is 7.00. The summed E-state index contributed by atoms with van der Waals surface area (Å²) in [4.78, 5) is 4.40. The molecular weight excluding hydrogens is 242 g/mol. The molecule has 0 radical (unpaired) electrons. The number of hydrogen-bond donors (Lipinski definition) is 1. The van der Waals surface area contributed by atoms with Crippen LogP contribution in [0.5, 0.6) is 0 Å². The van der Waals surface area contributed by atoms with E-state index in [0.717, 1.165) is 11.8 Å². The second-order valence-electron chi connectivity index (χ2n) is 5.42. The molecule has 3 unspecified atom stereocenters. The molecule has 1 aliphatic carbocycles. The zero-order valence-electron chi connectivity index (χ0n) is 11.1. The zero-order valence-corrected chi connectivity index (χ0v) is 12.0. The first-order valence-electron chi connectivity index (χ1n) is 7.25. The Labute approximate surface area is 114 Å². The molecule has 1 saturated heterocycles. The van der Waals surface area contributed by atoms with E-state index in [9.17, 15) is 0 Å². The van der Waals surface area contributed by atoms with E-state index < -0.39 is 0 Å². The van der Waals surface area contributed by atoms with Gasteiger partial charge in [-0.1, -0.05) is 6.92 Å². The minimum Gasteiger partial charge on any atom is -0.330 e. The summed E-state index contributed by atoms with van der Waals surface area (Å²) in [5, 5.41) is 4.46. The van der Waals surface area contributed by atoms with Gasteiger partial charge in [0.1, 0.15) is 0 Å². The van der Waals surface area contributed by atoms with Crippen LogP contribution in [0.1, 0.15) is 56.8 Å². The number of rotatable bonds is 4. The topological polar surface area (TPSA) is 29.9 Å². The molecule has 0 bridgehead atoms. The molecule has 2 fully saturated rings. The lowest BCUT2D eigenvalue weighted by atomic mass is 10.1. The maximum Gasteiger partial charge on any atom is 0.0951 e. The van der Waals surface area contributed by atoms with E-state index in [1.165, 1.54) is 43.6 Å². The number of nitrogens with zero attached hydrogens (tertiary/aromatic N) is 2. The summed E-state index contributed by atoms with van der Waals surface area (Å²) < 4.78 is 2.46. The van der Waals surface area contributed by atoms with E-state index in [0.29, 0.717) is 12.1 Å². The molecular formula is C14H23N3S. The van der Waals surface area contributed by atoms with Crippen LogP contribution < -0.4 is 5.32 Å². The largest absolute Gasteiger partial charge is 0.330 e. The lowest BCUT2D eigenvalue weighted by Gasteiger charge is -2.19. The van der Waals surface area contributed by atoms with Crippen molar-refractivity contribution >= 4 is 11.8 Å². The Balaban J connectivity index is 1.71. The van der Waals surface area contributed by atoms with Crippen molar-refractivity contribution in [3.63, 3.8) is 0 Å². The second kappa shape index (κ2) is 5.66. The van der Waals surface area contributed by atoms with Crippen molar-refractivity contribution in [2.24, 2.45) is 0 Å². The molecule has 2 heterocycles. The van der Waals surface area contributed by atoms with Crippen LogP contribution in [0.4, 0.5) is 0 Å². The maximum absolute atomic E-state index is 4.40. The normalized spacial score (nSPS) is 32.2. The SMILES string of the molecule is CCSC1CCC(n2cncc2C2CCCN2)C1. The quantitative estimate of drug-likeness (QED) is 0.907. The van der Waals surface area contributed by atoms with Gasteiger partial charge < -0.3 is 9.88 Å². The Morgan fingerprint density at radius 3 is 3.17 bits per heavy atom. The molecule has 0 spiro atoms. The van der Waals surface area contributed by atoms with Gasteiger partial charge in [-0.05, 0) is 44.4 Å². The highest BCUT2D eigenvalue weighted by Crippen LogP contribution is 2.38. The summed E-state index contributed by atoms with van der Waals surface area (Å²) in [6.07, 6.45) is 10.7. The van der Waals surface area contributed by atoms with Gasteiger partial charge in [0.05, 0.1) is 12.0 Å². The van der Waals surface area contributed by atoms with Crippen LogP contribution in [0.25, 0.3) is 0 Å². The van der Waals surface area contributed by atoms with Gasteiger partial charge in [0, 0.05) is 23.5 Å². The highest BCUT2D eigenvalue weighted by atomic mass is 32.2. The Hall–Kier alpha value is -0.480. The first-order chi connectivity index (χ1) is 8.88. The standard InChI is InChI=1S/C14H23N3S/c1-2-18-12-6-5-11(8-12)17-10-15-9-14(17)13-4-3-7-16-13/h9-13,16H,2-8H2,1H3. The van der Waals surface area contributed by atoms with Crippen molar-refractivity contribution in [1.29, 1.82) is 0 Å². The molecule has 1 aromatic heterocycles. The van der Waals surface area contributed by atoms with Crippen LogP contribution in [0.3, 0.4) is 0 Å². The molecule has 1 saturated carbocycles. The Morgan fingerprint density at radius 2 is 2.39 bits per heavy atom. The van der Waals surface area contributed by atoms with Gasteiger partial charge in [-0.25, -0.2) is 4.98 Å². The van der Waals surface area contributed by atoms with Gasteiger partial charge >= 0.3 is 0 Å². The molecule has 3 nitrogen and oxygen atoms in total. The van der Waals surface area contributed by atoms with E-state index in [2.05, 4.69) is 46.1 Å². The van der Waals surface area contributed by atoms with Gasteiger partial charge in [0.15, 0.2) is 0 Å². The van der Waals surface area contributed by atoms with Gasteiger partial charge in [0.25, 0.3) is 0 Å². The molecule has 100 valence electrons. The molecule has 2 aliphatic rings. The number of aromatic nitrogens is 2. The van der Waals surface area contributed by atoms with E-state index in [4.69, 9.17) is 0 Å².